The summed E-state index contributed by atoms with van der Waals surface area (Å²) in [6.45, 7) is 1.94. The van der Waals surface area contributed by atoms with Gasteiger partial charge in [0.05, 0.1) is 14.1 Å². The number of aryl methyl sites for hydroxylation is 1. The summed E-state index contributed by atoms with van der Waals surface area (Å²) in [5.74, 6) is -0.0666. The van der Waals surface area contributed by atoms with Crippen LogP contribution >= 0.6 is 0 Å². The maximum absolute atomic E-state index is 12.1. The summed E-state index contributed by atoms with van der Waals surface area (Å²) in [7, 11) is 4.14. The molecule has 0 aliphatic carbocycles. The molecule has 0 saturated heterocycles. The summed E-state index contributed by atoms with van der Waals surface area (Å²) in [4.78, 5) is 13.4. The quantitative estimate of drug-likeness (QED) is 0.864. The normalized spacial score (nSPS) is 10.5. The number of hydrogen-bond acceptors (Lipinski definition) is 1. The monoisotopic (exact) mass is 255 g/mol. The first-order valence-corrected chi connectivity index (χ1v) is 6.35. The molecule has 0 saturated carbocycles. The third-order valence-corrected chi connectivity index (χ3v) is 3.11. The van der Waals surface area contributed by atoms with E-state index in [0.29, 0.717) is 5.56 Å². The first-order valence-electron chi connectivity index (χ1n) is 6.35. The van der Waals surface area contributed by atoms with Gasteiger partial charge in [-0.25, -0.2) is 0 Å². The lowest BCUT2D eigenvalue weighted by molar-refractivity contribution is -0.786. The number of benzene rings is 2. The Labute approximate surface area is 113 Å². The Bertz CT molecular complexity index is 574. The fourth-order valence-corrected chi connectivity index (χ4v) is 1.91. The molecule has 2 rings (SSSR count). The molecular formula is C16H19N2O+. The van der Waals surface area contributed by atoms with Gasteiger partial charge in [-0.1, -0.05) is 18.2 Å². The van der Waals surface area contributed by atoms with Crippen molar-refractivity contribution >= 4 is 17.3 Å². The van der Waals surface area contributed by atoms with E-state index in [9.17, 15) is 4.79 Å². The number of quaternary nitrogens is 1. The summed E-state index contributed by atoms with van der Waals surface area (Å²) in [5.41, 5.74) is 3.70. The van der Waals surface area contributed by atoms with Crippen molar-refractivity contribution in [3.63, 3.8) is 0 Å². The van der Waals surface area contributed by atoms with Crippen LogP contribution in [0.5, 0.6) is 0 Å². The number of anilines is 1. The Balaban J connectivity index is 2.13. The number of hydrogen-bond donors (Lipinski definition) is 2. The molecule has 1 amide bonds. The maximum Gasteiger partial charge on any atom is 0.255 e. The fourth-order valence-electron chi connectivity index (χ4n) is 1.91. The highest BCUT2D eigenvalue weighted by Crippen LogP contribution is 2.13. The van der Waals surface area contributed by atoms with Crippen molar-refractivity contribution < 1.29 is 9.69 Å². The molecule has 98 valence electrons. The molecule has 0 aromatic heterocycles. The second-order valence-electron chi connectivity index (χ2n) is 4.85. The number of carbonyl (C=O) groups is 1. The summed E-state index contributed by atoms with van der Waals surface area (Å²) >= 11 is 0. The van der Waals surface area contributed by atoms with Crippen molar-refractivity contribution in [1.29, 1.82) is 0 Å². The van der Waals surface area contributed by atoms with Crippen LogP contribution in [-0.4, -0.2) is 20.0 Å². The molecule has 3 nitrogen and oxygen atoms in total. The van der Waals surface area contributed by atoms with Crippen LogP contribution in [0.25, 0.3) is 0 Å². The molecule has 0 bridgehead atoms. The third kappa shape index (κ3) is 3.20. The average Bonchev–Trinajstić information content (AvgIpc) is 2.39. The van der Waals surface area contributed by atoms with Gasteiger partial charge in [-0.15, -0.1) is 0 Å². The number of nitrogens with one attached hydrogen (secondary N) is 2. The van der Waals surface area contributed by atoms with Crippen LogP contribution in [0, 0.1) is 6.92 Å². The highest BCUT2D eigenvalue weighted by molar-refractivity contribution is 6.05. The van der Waals surface area contributed by atoms with Crippen LogP contribution in [0.4, 0.5) is 11.4 Å². The summed E-state index contributed by atoms with van der Waals surface area (Å²) in [6.07, 6.45) is 0. The van der Waals surface area contributed by atoms with Gasteiger partial charge in [-0.2, -0.15) is 0 Å². The zero-order valence-corrected chi connectivity index (χ0v) is 11.5. The number of rotatable bonds is 3. The zero-order chi connectivity index (χ0) is 13.8. The van der Waals surface area contributed by atoms with E-state index in [-0.39, 0.29) is 5.91 Å². The standard InChI is InChI=1S/C16H18N2O/c1-12-6-4-5-7-15(12)16(19)17-13-8-10-14(11-9-13)18(2)3/h4-11H,1-3H3,(H,17,19)/p+1. The van der Waals surface area contributed by atoms with Crippen molar-refractivity contribution in [1.82, 2.24) is 0 Å². The average molecular weight is 255 g/mol. The SMILES string of the molecule is Cc1ccccc1C(=O)Nc1ccc([NH+](C)C)cc1. The van der Waals surface area contributed by atoms with Crippen molar-refractivity contribution in [2.75, 3.05) is 19.4 Å². The second-order valence-corrected chi connectivity index (χ2v) is 4.85. The predicted molar refractivity (Wildman–Crippen MR) is 78.0 cm³/mol. The van der Waals surface area contributed by atoms with E-state index in [1.165, 1.54) is 10.6 Å². The summed E-state index contributed by atoms with van der Waals surface area (Å²) < 4.78 is 0. The van der Waals surface area contributed by atoms with E-state index in [2.05, 4.69) is 19.4 Å². The third-order valence-electron chi connectivity index (χ3n) is 3.11. The Morgan fingerprint density at radius 2 is 1.63 bits per heavy atom. The van der Waals surface area contributed by atoms with E-state index in [0.717, 1.165) is 11.3 Å². The van der Waals surface area contributed by atoms with E-state index < -0.39 is 0 Å². The molecule has 0 unspecified atom stereocenters. The van der Waals surface area contributed by atoms with Crippen molar-refractivity contribution in [3.8, 4) is 0 Å². The zero-order valence-electron chi connectivity index (χ0n) is 11.5. The number of amides is 1. The molecule has 0 radical (unpaired) electrons. The van der Waals surface area contributed by atoms with E-state index in [4.69, 9.17) is 0 Å². The summed E-state index contributed by atoms with van der Waals surface area (Å²) in [5, 5.41) is 2.92. The van der Waals surface area contributed by atoms with E-state index in [1.807, 2.05) is 55.5 Å². The van der Waals surface area contributed by atoms with Gasteiger partial charge in [0.1, 0.15) is 5.69 Å². The highest BCUT2D eigenvalue weighted by Gasteiger charge is 2.08. The minimum atomic E-state index is -0.0666. The molecule has 3 heteroatoms. The lowest BCUT2D eigenvalue weighted by Crippen LogP contribution is -3.00. The van der Waals surface area contributed by atoms with Crippen LogP contribution in [-0.2, 0) is 0 Å². The first kappa shape index (κ1) is 13.3. The minimum absolute atomic E-state index is 0.0666. The van der Waals surface area contributed by atoms with Gasteiger partial charge < -0.3 is 10.2 Å². The molecule has 19 heavy (non-hydrogen) atoms. The van der Waals surface area contributed by atoms with Crippen molar-refractivity contribution in [3.05, 3.63) is 59.7 Å². The smallest absolute Gasteiger partial charge is 0.255 e. The first-order chi connectivity index (χ1) is 9.08. The van der Waals surface area contributed by atoms with Gasteiger partial charge in [0, 0.05) is 23.4 Å². The number of carbonyl (C=O) groups excluding carboxylic acids is 1. The lowest BCUT2D eigenvalue weighted by Gasteiger charge is -2.09. The second kappa shape index (κ2) is 5.67. The molecule has 0 fully saturated rings. The largest absolute Gasteiger partial charge is 0.322 e. The van der Waals surface area contributed by atoms with Gasteiger partial charge in [-0.05, 0) is 30.7 Å². The van der Waals surface area contributed by atoms with Crippen LogP contribution in [0.1, 0.15) is 15.9 Å². The van der Waals surface area contributed by atoms with Gasteiger partial charge in [-0.3, -0.25) is 4.79 Å². The topological polar surface area (TPSA) is 33.5 Å². The predicted octanol–water partition coefficient (Wildman–Crippen LogP) is 2.02. The molecule has 0 aliphatic heterocycles. The van der Waals surface area contributed by atoms with Crippen LogP contribution in [0.3, 0.4) is 0 Å². The Kier molecular flexibility index (Phi) is 3.97. The molecule has 0 atom stereocenters. The highest BCUT2D eigenvalue weighted by atomic mass is 16.1. The van der Waals surface area contributed by atoms with Gasteiger partial charge in [0.2, 0.25) is 0 Å². The van der Waals surface area contributed by atoms with E-state index >= 15 is 0 Å². The van der Waals surface area contributed by atoms with Gasteiger partial charge >= 0.3 is 0 Å². The lowest BCUT2D eigenvalue weighted by atomic mass is 10.1. The molecule has 0 spiro atoms. The molecule has 2 aromatic carbocycles. The molecule has 0 aliphatic rings. The summed E-state index contributed by atoms with van der Waals surface area (Å²) in [6, 6.07) is 15.5. The van der Waals surface area contributed by atoms with Crippen molar-refractivity contribution in [2.45, 2.75) is 6.92 Å². The van der Waals surface area contributed by atoms with Crippen LogP contribution < -0.4 is 10.2 Å². The van der Waals surface area contributed by atoms with Crippen molar-refractivity contribution in [2.24, 2.45) is 0 Å². The molecule has 0 heterocycles. The molecule has 2 N–H and O–H groups in total. The van der Waals surface area contributed by atoms with Crippen LogP contribution in [0.2, 0.25) is 0 Å². The van der Waals surface area contributed by atoms with Crippen LogP contribution in [0.15, 0.2) is 48.5 Å². The molecule has 2 aromatic rings. The van der Waals surface area contributed by atoms with Gasteiger partial charge in [0.15, 0.2) is 0 Å². The fraction of sp³-hybridized carbons (Fsp3) is 0.188. The Hall–Kier alpha value is -2.13. The van der Waals surface area contributed by atoms with E-state index in [1.54, 1.807) is 0 Å². The maximum atomic E-state index is 12.1. The van der Waals surface area contributed by atoms with Gasteiger partial charge in [0.25, 0.3) is 5.91 Å². The Morgan fingerprint density at radius 3 is 2.21 bits per heavy atom. The Morgan fingerprint density at radius 1 is 1.00 bits per heavy atom. The molecular weight excluding hydrogens is 236 g/mol. The minimum Gasteiger partial charge on any atom is -0.322 e.